The summed E-state index contributed by atoms with van der Waals surface area (Å²) in [5, 5.41) is 16.7. The van der Waals surface area contributed by atoms with Crippen molar-refractivity contribution in [1.29, 1.82) is 0 Å². The van der Waals surface area contributed by atoms with Gasteiger partial charge in [-0.05, 0) is 53.6 Å². The maximum absolute atomic E-state index is 12.8. The lowest BCUT2D eigenvalue weighted by Gasteiger charge is -2.14. The Hall–Kier alpha value is -3.59. The molecule has 148 valence electrons. The number of anilines is 1. The third kappa shape index (κ3) is 4.46. The Bertz CT molecular complexity index is 999. The number of aromatic nitrogens is 4. The van der Waals surface area contributed by atoms with E-state index in [-0.39, 0.29) is 17.9 Å². The Morgan fingerprint density at radius 1 is 1.14 bits per heavy atom. The molecule has 0 saturated carbocycles. The van der Waals surface area contributed by atoms with E-state index >= 15 is 0 Å². The lowest BCUT2D eigenvalue weighted by molar-refractivity contribution is 0.0858. The Labute approximate surface area is 167 Å². The van der Waals surface area contributed by atoms with Gasteiger partial charge in [-0.2, -0.15) is 0 Å². The average Bonchev–Trinajstić information content (AvgIpc) is 3.47. The number of nitrogens with zero attached hydrogens (tertiary/aromatic N) is 4. The first-order valence-corrected chi connectivity index (χ1v) is 9.34. The summed E-state index contributed by atoms with van der Waals surface area (Å²) < 4.78 is 6.99. The van der Waals surface area contributed by atoms with Crippen molar-refractivity contribution in [3.05, 3.63) is 66.0 Å². The first-order chi connectivity index (χ1) is 14.2. The Balaban J connectivity index is 1.47. The van der Waals surface area contributed by atoms with Crippen LogP contribution >= 0.6 is 0 Å². The van der Waals surface area contributed by atoms with Crippen LogP contribution < -0.4 is 10.6 Å². The molecule has 1 aliphatic heterocycles. The molecular formula is C20H20N6O3. The Kier molecular flexibility index (Phi) is 5.57. The molecule has 29 heavy (non-hydrogen) atoms. The molecule has 2 N–H and O–H groups in total. The predicted octanol–water partition coefficient (Wildman–Crippen LogP) is 1.82. The molecule has 1 fully saturated rings. The summed E-state index contributed by atoms with van der Waals surface area (Å²) in [6.45, 7) is 1.19. The summed E-state index contributed by atoms with van der Waals surface area (Å²) in [7, 11) is 0. The zero-order valence-corrected chi connectivity index (χ0v) is 15.6. The van der Waals surface area contributed by atoms with Crippen LogP contribution in [0.2, 0.25) is 0 Å². The molecule has 1 unspecified atom stereocenters. The minimum atomic E-state index is -0.334. The van der Waals surface area contributed by atoms with Crippen molar-refractivity contribution in [2.75, 3.05) is 18.5 Å². The molecular weight excluding hydrogens is 372 g/mol. The zero-order chi connectivity index (χ0) is 20.1. The van der Waals surface area contributed by atoms with E-state index in [9.17, 15) is 9.59 Å². The standard InChI is InChI=1S/C20H20N6O3/c27-19(14-5-3-6-15(11-14)26-13-22-24-25-26)23-18-9-2-1-8-17(18)20(28)21-12-16-7-4-10-29-16/h1-3,5-6,8-9,11,13,16H,4,7,10,12H2,(H,21,28)(H,23,27). The molecule has 3 aromatic rings. The fraction of sp³-hybridized carbons (Fsp3) is 0.250. The minimum Gasteiger partial charge on any atom is -0.376 e. The predicted molar refractivity (Wildman–Crippen MR) is 105 cm³/mol. The highest BCUT2D eigenvalue weighted by molar-refractivity contribution is 6.09. The SMILES string of the molecule is O=C(Nc1ccccc1C(=O)NCC1CCCO1)c1cccc(-n2cnnn2)c1. The number of tetrazole rings is 1. The molecule has 2 aromatic carbocycles. The molecule has 1 aromatic heterocycles. The summed E-state index contributed by atoms with van der Waals surface area (Å²) in [5.74, 6) is -0.585. The highest BCUT2D eigenvalue weighted by Crippen LogP contribution is 2.18. The van der Waals surface area contributed by atoms with Crippen LogP contribution in [0.3, 0.4) is 0 Å². The van der Waals surface area contributed by atoms with Gasteiger partial charge >= 0.3 is 0 Å². The smallest absolute Gasteiger partial charge is 0.255 e. The second kappa shape index (κ2) is 8.61. The van der Waals surface area contributed by atoms with E-state index in [2.05, 4.69) is 26.2 Å². The summed E-state index contributed by atoms with van der Waals surface area (Å²) in [5.41, 5.74) is 1.92. The van der Waals surface area contributed by atoms with Crippen LogP contribution in [0.15, 0.2) is 54.9 Å². The number of amides is 2. The van der Waals surface area contributed by atoms with Crippen LogP contribution in [-0.4, -0.2) is 51.3 Å². The second-order valence-electron chi connectivity index (χ2n) is 6.65. The van der Waals surface area contributed by atoms with E-state index in [4.69, 9.17) is 4.74 Å². The molecule has 9 nitrogen and oxygen atoms in total. The quantitative estimate of drug-likeness (QED) is 0.662. The minimum absolute atomic E-state index is 0.0507. The topological polar surface area (TPSA) is 111 Å². The molecule has 9 heteroatoms. The van der Waals surface area contributed by atoms with E-state index in [1.165, 1.54) is 11.0 Å². The molecule has 1 saturated heterocycles. The van der Waals surface area contributed by atoms with Crippen molar-refractivity contribution in [1.82, 2.24) is 25.5 Å². The highest BCUT2D eigenvalue weighted by Gasteiger charge is 2.19. The average molecular weight is 392 g/mol. The molecule has 1 atom stereocenters. The van der Waals surface area contributed by atoms with Crippen LogP contribution in [0.25, 0.3) is 5.69 Å². The van der Waals surface area contributed by atoms with Crippen LogP contribution in [0.5, 0.6) is 0 Å². The lowest BCUT2D eigenvalue weighted by atomic mass is 10.1. The first kappa shape index (κ1) is 18.8. The number of benzene rings is 2. The van der Waals surface area contributed by atoms with Crippen molar-refractivity contribution in [2.24, 2.45) is 0 Å². The number of carbonyl (C=O) groups is 2. The van der Waals surface area contributed by atoms with Crippen molar-refractivity contribution >= 4 is 17.5 Å². The third-order valence-electron chi connectivity index (χ3n) is 4.66. The molecule has 2 amide bonds. The second-order valence-corrected chi connectivity index (χ2v) is 6.65. The van der Waals surface area contributed by atoms with Crippen molar-refractivity contribution < 1.29 is 14.3 Å². The number of hydrogen-bond donors (Lipinski definition) is 2. The van der Waals surface area contributed by atoms with Gasteiger partial charge in [0.1, 0.15) is 6.33 Å². The largest absolute Gasteiger partial charge is 0.376 e. The number of hydrogen-bond acceptors (Lipinski definition) is 6. The number of para-hydroxylation sites is 1. The van der Waals surface area contributed by atoms with E-state index < -0.39 is 0 Å². The fourth-order valence-electron chi connectivity index (χ4n) is 3.16. The molecule has 1 aliphatic rings. The van der Waals surface area contributed by atoms with Gasteiger partial charge in [0.15, 0.2) is 0 Å². The molecule has 0 spiro atoms. The van der Waals surface area contributed by atoms with Gasteiger partial charge in [-0.3, -0.25) is 9.59 Å². The summed E-state index contributed by atoms with van der Waals surface area (Å²) >= 11 is 0. The van der Waals surface area contributed by atoms with Gasteiger partial charge in [-0.1, -0.05) is 18.2 Å². The maximum Gasteiger partial charge on any atom is 0.255 e. The van der Waals surface area contributed by atoms with Gasteiger partial charge in [-0.15, -0.1) is 5.10 Å². The van der Waals surface area contributed by atoms with Crippen molar-refractivity contribution in [3.63, 3.8) is 0 Å². The van der Waals surface area contributed by atoms with Gasteiger partial charge in [-0.25, -0.2) is 4.68 Å². The number of rotatable bonds is 6. The van der Waals surface area contributed by atoms with Gasteiger partial charge < -0.3 is 15.4 Å². The van der Waals surface area contributed by atoms with Crippen LogP contribution in [0.1, 0.15) is 33.6 Å². The summed E-state index contributed by atoms with van der Waals surface area (Å²) in [6, 6.07) is 13.8. The molecule has 0 bridgehead atoms. The number of nitrogens with one attached hydrogen (secondary N) is 2. The van der Waals surface area contributed by atoms with Crippen molar-refractivity contribution in [3.8, 4) is 5.69 Å². The Morgan fingerprint density at radius 3 is 2.83 bits per heavy atom. The number of carbonyl (C=O) groups excluding carboxylic acids is 2. The highest BCUT2D eigenvalue weighted by atomic mass is 16.5. The lowest BCUT2D eigenvalue weighted by Crippen LogP contribution is -2.32. The van der Waals surface area contributed by atoms with Crippen LogP contribution in [0, 0.1) is 0 Å². The molecule has 0 aliphatic carbocycles. The first-order valence-electron chi connectivity index (χ1n) is 9.34. The molecule has 0 radical (unpaired) electrons. The van der Waals surface area contributed by atoms with Crippen LogP contribution in [-0.2, 0) is 4.74 Å². The van der Waals surface area contributed by atoms with Crippen LogP contribution in [0.4, 0.5) is 5.69 Å². The van der Waals surface area contributed by atoms with Gasteiger partial charge in [0, 0.05) is 18.7 Å². The summed E-state index contributed by atoms with van der Waals surface area (Å²) in [4.78, 5) is 25.4. The monoisotopic (exact) mass is 392 g/mol. The van der Waals surface area contributed by atoms with Crippen molar-refractivity contribution in [2.45, 2.75) is 18.9 Å². The van der Waals surface area contributed by atoms with E-state index in [0.717, 1.165) is 19.4 Å². The normalized spacial score (nSPS) is 15.8. The molecule has 4 rings (SSSR count). The third-order valence-corrected chi connectivity index (χ3v) is 4.66. The zero-order valence-electron chi connectivity index (χ0n) is 15.6. The fourth-order valence-corrected chi connectivity index (χ4v) is 3.16. The van der Waals surface area contributed by atoms with E-state index in [1.54, 1.807) is 48.5 Å². The van der Waals surface area contributed by atoms with E-state index in [1.807, 2.05) is 0 Å². The van der Waals surface area contributed by atoms with E-state index in [0.29, 0.717) is 29.0 Å². The van der Waals surface area contributed by atoms with Gasteiger partial charge in [0.05, 0.1) is 23.0 Å². The van der Waals surface area contributed by atoms with Gasteiger partial charge in [0.2, 0.25) is 0 Å². The number of ether oxygens (including phenoxy) is 1. The van der Waals surface area contributed by atoms with Gasteiger partial charge in [0.25, 0.3) is 11.8 Å². The molecule has 2 heterocycles. The maximum atomic E-state index is 12.8. The Morgan fingerprint density at radius 2 is 2.03 bits per heavy atom. The summed E-state index contributed by atoms with van der Waals surface area (Å²) in [6.07, 6.45) is 3.45.